The summed E-state index contributed by atoms with van der Waals surface area (Å²) in [4.78, 5) is 8.95. The van der Waals surface area contributed by atoms with Gasteiger partial charge in [0.15, 0.2) is 0 Å². The molecule has 1 aromatic carbocycles. The Morgan fingerprint density at radius 2 is 1.95 bits per heavy atom. The van der Waals surface area contributed by atoms with E-state index >= 15 is 0 Å². The average molecular weight is 268 g/mol. The van der Waals surface area contributed by atoms with Gasteiger partial charge in [0, 0.05) is 10.9 Å². The third-order valence-electron chi connectivity index (χ3n) is 3.88. The van der Waals surface area contributed by atoms with Crippen molar-refractivity contribution in [1.82, 2.24) is 14.5 Å². The van der Waals surface area contributed by atoms with Crippen LogP contribution in [0.2, 0.25) is 0 Å². The van der Waals surface area contributed by atoms with Gasteiger partial charge in [0.1, 0.15) is 5.52 Å². The van der Waals surface area contributed by atoms with Gasteiger partial charge in [-0.1, -0.05) is 31.5 Å². The van der Waals surface area contributed by atoms with Crippen LogP contribution in [-0.2, 0) is 5.54 Å². The smallest absolute Gasteiger partial charge is 0.201 e. The molecule has 104 valence electrons. The molecule has 0 radical (unpaired) electrons. The number of fused-ring (bicyclic) bond motifs is 3. The molecule has 0 aliphatic rings. The van der Waals surface area contributed by atoms with Crippen molar-refractivity contribution in [3.63, 3.8) is 0 Å². The first-order chi connectivity index (χ1) is 9.54. The van der Waals surface area contributed by atoms with E-state index < -0.39 is 0 Å². The van der Waals surface area contributed by atoms with E-state index in [1.54, 1.807) is 0 Å². The Morgan fingerprint density at radius 3 is 2.70 bits per heavy atom. The molecule has 4 nitrogen and oxygen atoms in total. The highest BCUT2D eigenvalue weighted by atomic mass is 15.2. The second-order valence-corrected chi connectivity index (χ2v) is 5.88. The number of pyridine rings is 1. The third kappa shape index (κ3) is 1.83. The second kappa shape index (κ2) is 4.47. The number of nitrogens with zero attached hydrogens (tertiary/aromatic N) is 3. The zero-order valence-electron chi connectivity index (χ0n) is 12.2. The zero-order chi connectivity index (χ0) is 14.3. The minimum absolute atomic E-state index is 0.0578. The lowest BCUT2D eigenvalue weighted by Gasteiger charge is -2.28. The molecule has 2 aromatic heterocycles. The zero-order valence-corrected chi connectivity index (χ0v) is 12.2. The van der Waals surface area contributed by atoms with Crippen molar-refractivity contribution >= 4 is 27.9 Å². The Labute approximate surface area is 118 Å². The number of benzene rings is 1. The van der Waals surface area contributed by atoms with Gasteiger partial charge in [-0.3, -0.25) is 4.98 Å². The van der Waals surface area contributed by atoms with Crippen LogP contribution in [0.5, 0.6) is 0 Å². The highest BCUT2D eigenvalue weighted by Gasteiger charge is 2.25. The van der Waals surface area contributed by atoms with Gasteiger partial charge in [0.05, 0.1) is 17.2 Å². The highest BCUT2D eigenvalue weighted by molar-refractivity contribution is 6.03. The maximum Gasteiger partial charge on any atom is 0.201 e. The molecule has 20 heavy (non-hydrogen) atoms. The summed E-state index contributed by atoms with van der Waals surface area (Å²) < 4.78 is 2.16. The first-order valence-electron chi connectivity index (χ1n) is 7.07. The van der Waals surface area contributed by atoms with Gasteiger partial charge < -0.3 is 10.3 Å². The number of hydrogen-bond donors (Lipinski definition) is 1. The molecule has 0 bridgehead atoms. The fourth-order valence-electron chi connectivity index (χ4n) is 3.06. The molecule has 3 rings (SSSR count). The first-order valence-corrected chi connectivity index (χ1v) is 7.07. The van der Waals surface area contributed by atoms with Crippen LogP contribution in [0.4, 0.5) is 5.95 Å². The maximum absolute atomic E-state index is 6.18. The number of aromatic nitrogens is 3. The van der Waals surface area contributed by atoms with Crippen LogP contribution in [-0.4, -0.2) is 14.5 Å². The number of para-hydroxylation sites is 1. The Hall–Kier alpha value is -2.10. The molecule has 0 saturated carbocycles. The highest BCUT2D eigenvalue weighted by Crippen LogP contribution is 2.33. The largest absolute Gasteiger partial charge is 0.369 e. The SMILES string of the molecule is CCCC(C)(C)n1c(N)nc2cnc3ccccc3c21. The van der Waals surface area contributed by atoms with Gasteiger partial charge in [-0.05, 0) is 26.3 Å². The third-order valence-corrected chi connectivity index (χ3v) is 3.88. The van der Waals surface area contributed by atoms with Crippen LogP contribution >= 0.6 is 0 Å². The summed E-state index contributed by atoms with van der Waals surface area (Å²) in [6.07, 6.45) is 3.97. The molecule has 0 atom stereocenters. The van der Waals surface area contributed by atoms with Crippen molar-refractivity contribution in [3.05, 3.63) is 30.5 Å². The normalized spacial score (nSPS) is 12.3. The molecule has 0 aliphatic heterocycles. The van der Waals surface area contributed by atoms with E-state index in [1.165, 1.54) is 0 Å². The van der Waals surface area contributed by atoms with E-state index in [1.807, 2.05) is 24.4 Å². The Kier molecular flexibility index (Phi) is 2.89. The fourth-order valence-corrected chi connectivity index (χ4v) is 3.06. The molecule has 0 amide bonds. The van der Waals surface area contributed by atoms with Crippen molar-refractivity contribution in [3.8, 4) is 0 Å². The predicted molar refractivity (Wildman–Crippen MR) is 83.7 cm³/mol. The van der Waals surface area contributed by atoms with E-state index in [0.29, 0.717) is 5.95 Å². The lowest BCUT2D eigenvalue weighted by Crippen LogP contribution is -2.27. The van der Waals surface area contributed by atoms with Crippen molar-refractivity contribution in [1.29, 1.82) is 0 Å². The summed E-state index contributed by atoms with van der Waals surface area (Å²) in [5.41, 5.74) is 9.06. The summed E-state index contributed by atoms with van der Waals surface area (Å²) >= 11 is 0. The molecule has 3 aromatic rings. The van der Waals surface area contributed by atoms with E-state index in [0.717, 1.165) is 34.8 Å². The van der Waals surface area contributed by atoms with Crippen LogP contribution in [0.25, 0.3) is 21.9 Å². The van der Waals surface area contributed by atoms with Crippen molar-refractivity contribution in [2.75, 3.05) is 5.73 Å². The number of nitrogen functional groups attached to an aromatic ring is 1. The van der Waals surface area contributed by atoms with Crippen molar-refractivity contribution in [2.24, 2.45) is 0 Å². The number of imidazole rings is 1. The maximum atomic E-state index is 6.18. The molecule has 4 heteroatoms. The van der Waals surface area contributed by atoms with Crippen LogP contribution in [0.3, 0.4) is 0 Å². The minimum atomic E-state index is -0.0578. The van der Waals surface area contributed by atoms with Crippen LogP contribution in [0.15, 0.2) is 30.5 Å². The van der Waals surface area contributed by atoms with Gasteiger partial charge >= 0.3 is 0 Å². The van der Waals surface area contributed by atoms with E-state index in [4.69, 9.17) is 5.73 Å². The van der Waals surface area contributed by atoms with E-state index in [2.05, 4.69) is 41.4 Å². The summed E-state index contributed by atoms with van der Waals surface area (Å²) in [6.45, 7) is 6.61. The Bertz CT molecular complexity index is 771. The number of hydrogen-bond acceptors (Lipinski definition) is 3. The molecule has 0 unspecified atom stereocenters. The molecular weight excluding hydrogens is 248 g/mol. The summed E-state index contributed by atoms with van der Waals surface area (Å²) in [5.74, 6) is 0.566. The first kappa shape index (κ1) is 12.9. The second-order valence-electron chi connectivity index (χ2n) is 5.88. The topological polar surface area (TPSA) is 56.7 Å². The van der Waals surface area contributed by atoms with Crippen LogP contribution in [0, 0.1) is 0 Å². The standard InChI is InChI=1S/C16H20N4/c1-4-9-16(2,3)20-14-11-7-5-6-8-12(11)18-10-13(14)19-15(20)17/h5-8,10H,4,9H2,1-3H3,(H2,17,19). The van der Waals surface area contributed by atoms with Crippen molar-refractivity contribution in [2.45, 2.75) is 39.2 Å². The summed E-state index contributed by atoms with van der Waals surface area (Å²) in [6, 6.07) is 8.14. The lowest BCUT2D eigenvalue weighted by molar-refractivity contribution is 0.338. The van der Waals surface area contributed by atoms with Gasteiger partial charge in [0.2, 0.25) is 5.95 Å². The molecule has 2 N–H and O–H groups in total. The van der Waals surface area contributed by atoms with Gasteiger partial charge in [0.25, 0.3) is 0 Å². The molecule has 2 heterocycles. The van der Waals surface area contributed by atoms with Gasteiger partial charge in [-0.2, -0.15) is 0 Å². The van der Waals surface area contributed by atoms with Gasteiger partial charge in [-0.25, -0.2) is 4.98 Å². The van der Waals surface area contributed by atoms with E-state index in [9.17, 15) is 0 Å². The average Bonchev–Trinajstić information content (AvgIpc) is 2.76. The molecule has 0 aliphatic carbocycles. The van der Waals surface area contributed by atoms with Crippen LogP contribution < -0.4 is 5.73 Å². The molecular formula is C16H20N4. The Balaban J connectivity index is 2.41. The quantitative estimate of drug-likeness (QED) is 0.788. The fraction of sp³-hybridized carbons (Fsp3) is 0.375. The van der Waals surface area contributed by atoms with Gasteiger partial charge in [-0.15, -0.1) is 0 Å². The number of rotatable bonds is 3. The minimum Gasteiger partial charge on any atom is -0.369 e. The molecule has 0 fully saturated rings. The monoisotopic (exact) mass is 268 g/mol. The number of nitrogens with two attached hydrogens (primary N) is 1. The molecule has 0 spiro atoms. The summed E-state index contributed by atoms with van der Waals surface area (Å²) in [7, 11) is 0. The van der Waals surface area contributed by atoms with E-state index in [-0.39, 0.29) is 5.54 Å². The predicted octanol–water partition coefficient (Wildman–Crippen LogP) is 3.70. The summed E-state index contributed by atoms with van der Waals surface area (Å²) in [5, 5.41) is 1.11. The Morgan fingerprint density at radius 1 is 1.20 bits per heavy atom. The van der Waals surface area contributed by atoms with Crippen molar-refractivity contribution < 1.29 is 0 Å². The van der Waals surface area contributed by atoms with Crippen LogP contribution in [0.1, 0.15) is 33.6 Å². The molecule has 0 saturated heterocycles. The number of anilines is 1. The lowest BCUT2D eigenvalue weighted by atomic mass is 9.98.